The van der Waals surface area contributed by atoms with Gasteiger partial charge >= 0.3 is 11.7 Å². The van der Waals surface area contributed by atoms with E-state index in [1.54, 1.807) is 32.0 Å². The Hall–Kier alpha value is -2.89. The monoisotopic (exact) mass is 287 g/mol. The normalized spacial score (nSPS) is 10.2. The number of hydrogen-bond donors (Lipinski definition) is 1. The van der Waals surface area contributed by atoms with Gasteiger partial charge in [-0.15, -0.1) is 0 Å². The molecular formula is C15H13NO5. The third kappa shape index (κ3) is 3.00. The second kappa shape index (κ2) is 5.62. The van der Waals surface area contributed by atoms with E-state index < -0.39 is 10.9 Å². The van der Waals surface area contributed by atoms with E-state index in [9.17, 15) is 20.0 Å². The van der Waals surface area contributed by atoms with Crippen molar-refractivity contribution in [3.05, 3.63) is 63.2 Å². The SMILES string of the molecule is Cc1ccc(Oc2c(C)cccc2[N+](=O)[O-])c(C(=O)O)c1. The fourth-order valence-electron chi connectivity index (χ4n) is 1.92. The van der Waals surface area contributed by atoms with Crippen LogP contribution in [0.5, 0.6) is 11.5 Å². The highest BCUT2D eigenvalue weighted by Crippen LogP contribution is 2.35. The molecule has 2 rings (SSSR count). The van der Waals surface area contributed by atoms with Crippen LogP contribution in [0.3, 0.4) is 0 Å². The number of para-hydroxylation sites is 1. The van der Waals surface area contributed by atoms with E-state index >= 15 is 0 Å². The van der Waals surface area contributed by atoms with E-state index in [1.165, 1.54) is 18.2 Å². The molecule has 0 radical (unpaired) electrons. The minimum absolute atomic E-state index is 0.0347. The molecule has 0 spiro atoms. The summed E-state index contributed by atoms with van der Waals surface area (Å²) in [5, 5.41) is 20.2. The van der Waals surface area contributed by atoms with E-state index in [0.29, 0.717) is 5.56 Å². The fraction of sp³-hybridized carbons (Fsp3) is 0.133. The van der Waals surface area contributed by atoms with E-state index in [0.717, 1.165) is 5.56 Å². The maximum absolute atomic E-state index is 11.3. The van der Waals surface area contributed by atoms with Crippen LogP contribution in [0.2, 0.25) is 0 Å². The first-order chi connectivity index (χ1) is 9.90. The van der Waals surface area contributed by atoms with Crippen LogP contribution in [-0.4, -0.2) is 16.0 Å². The summed E-state index contributed by atoms with van der Waals surface area (Å²) < 4.78 is 5.53. The quantitative estimate of drug-likeness (QED) is 0.684. The first-order valence-corrected chi connectivity index (χ1v) is 6.16. The van der Waals surface area contributed by atoms with E-state index in [1.807, 2.05) is 0 Å². The number of benzene rings is 2. The molecule has 2 aromatic rings. The fourth-order valence-corrected chi connectivity index (χ4v) is 1.92. The van der Waals surface area contributed by atoms with Crippen molar-refractivity contribution in [1.29, 1.82) is 0 Å². The van der Waals surface area contributed by atoms with Crippen molar-refractivity contribution < 1.29 is 19.6 Å². The zero-order valence-electron chi connectivity index (χ0n) is 11.5. The lowest BCUT2D eigenvalue weighted by molar-refractivity contribution is -0.385. The summed E-state index contributed by atoms with van der Waals surface area (Å²) in [5.41, 5.74) is 1.08. The molecule has 1 N–H and O–H groups in total. The number of carboxylic acid groups (broad SMARTS) is 1. The highest BCUT2D eigenvalue weighted by molar-refractivity contribution is 5.91. The van der Waals surface area contributed by atoms with Gasteiger partial charge in [0.1, 0.15) is 11.3 Å². The molecule has 0 saturated heterocycles. The molecule has 6 nitrogen and oxygen atoms in total. The molecule has 2 aromatic carbocycles. The largest absolute Gasteiger partial charge is 0.478 e. The van der Waals surface area contributed by atoms with E-state index in [2.05, 4.69) is 0 Å². The molecule has 0 heterocycles. The summed E-state index contributed by atoms with van der Waals surface area (Å²) in [7, 11) is 0. The number of nitro benzene ring substituents is 1. The molecular weight excluding hydrogens is 274 g/mol. The van der Waals surface area contributed by atoms with Crippen LogP contribution in [0.25, 0.3) is 0 Å². The van der Waals surface area contributed by atoms with Gasteiger partial charge in [-0.3, -0.25) is 10.1 Å². The Labute approximate surface area is 120 Å². The summed E-state index contributed by atoms with van der Waals surface area (Å²) in [4.78, 5) is 21.7. The summed E-state index contributed by atoms with van der Waals surface area (Å²) in [6, 6.07) is 9.17. The van der Waals surface area contributed by atoms with Gasteiger partial charge in [0.25, 0.3) is 0 Å². The molecule has 0 atom stereocenters. The molecule has 0 aromatic heterocycles. The number of carbonyl (C=O) groups is 1. The molecule has 0 fully saturated rings. The molecule has 0 saturated carbocycles. The zero-order valence-corrected chi connectivity index (χ0v) is 11.5. The Morgan fingerprint density at radius 1 is 1.24 bits per heavy atom. The minimum Gasteiger partial charge on any atom is -0.478 e. The van der Waals surface area contributed by atoms with Crippen LogP contribution in [-0.2, 0) is 0 Å². The first-order valence-electron chi connectivity index (χ1n) is 6.16. The second-order valence-corrected chi connectivity index (χ2v) is 4.59. The summed E-state index contributed by atoms with van der Waals surface area (Å²) in [6.45, 7) is 3.42. The molecule has 6 heteroatoms. The van der Waals surface area contributed by atoms with Crippen LogP contribution in [0, 0.1) is 24.0 Å². The van der Waals surface area contributed by atoms with Gasteiger partial charge in [0, 0.05) is 6.07 Å². The Morgan fingerprint density at radius 2 is 1.95 bits per heavy atom. The van der Waals surface area contributed by atoms with E-state index in [-0.39, 0.29) is 22.7 Å². The number of nitro groups is 1. The maximum atomic E-state index is 11.3. The molecule has 21 heavy (non-hydrogen) atoms. The predicted molar refractivity (Wildman–Crippen MR) is 76.0 cm³/mol. The summed E-state index contributed by atoms with van der Waals surface area (Å²) in [5.74, 6) is -1.02. The van der Waals surface area contributed by atoms with Crippen LogP contribution in [0.1, 0.15) is 21.5 Å². The number of aromatic carboxylic acids is 1. The van der Waals surface area contributed by atoms with Gasteiger partial charge in [-0.25, -0.2) is 4.79 Å². The standard InChI is InChI=1S/C15H13NO5/c1-9-6-7-13(11(8-9)15(17)18)21-14-10(2)4-3-5-12(14)16(19)20/h3-8H,1-2H3,(H,17,18). The lowest BCUT2D eigenvalue weighted by Gasteiger charge is -2.11. The Morgan fingerprint density at radius 3 is 2.57 bits per heavy atom. The molecule has 0 aliphatic heterocycles. The molecule has 0 aliphatic carbocycles. The number of nitrogens with zero attached hydrogens (tertiary/aromatic N) is 1. The van der Waals surface area contributed by atoms with Gasteiger partial charge in [0.05, 0.1) is 4.92 Å². The van der Waals surface area contributed by atoms with Gasteiger partial charge < -0.3 is 9.84 Å². The van der Waals surface area contributed by atoms with Gasteiger partial charge in [-0.2, -0.15) is 0 Å². The topological polar surface area (TPSA) is 89.7 Å². The van der Waals surface area contributed by atoms with Gasteiger partial charge in [0.2, 0.25) is 5.75 Å². The van der Waals surface area contributed by atoms with Crippen molar-refractivity contribution in [2.24, 2.45) is 0 Å². The van der Waals surface area contributed by atoms with Crippen molar-refractivity contribution in [2.45, 2.75) is 13.8 Å². The van der Waals surface area contributed by atoms with Crippen molar-refractivity contribution in [1.82, 2.24) is 0 Å². The van der Waals surface area contributed by atoms with Crippen molar-refractivity contribution in [2.75, 3.05) is 0 Å². The predicted octanol–water partition coefficient (Wildman–Crippen LogP) is 3.70. The number of hydrogen-bond acceptors (Lipinski definition) is 4. The Kier molecular flexibility index (Phi) is 3.89. The third-order valence-corrected chi connectivity index (χ3v) is 2.97. The first kappa shape index (κ1) is 14.5. The van der Waals surface area contributed by atoms with Gasteiger partial charge in [-0.05, 0) is 31.5 Å². The van der Waals surface area contributed by atoms with E-state index in [4.69, 9.17) is 4.74 Å². The smallest absolute Gasteiger partial charge is 0.339 e. The van der Waals surface area contributed by atoms with Crippen molar-refractivity contribution in [3.63, 3.8) is 0 Å². The number of ether oxygens (including phenoxy) is 1. The van der Waals surface area contributed by atoms with Crippen molar-refractivity contribution >= 4 is 11.7 Å². The molecule has 0 aliphatic rings. The van der Waals surface area contributed by atoms with Crippen molar-refractivity contribution in [3.8, 4) is 11.5 Å². The summed E-state index contributed by atoms with van der Waals surface area (Å²) in [6.07, 6.45) is 0. The Bertz CT molecular complexity index is 724. The molecule has 0 unspecified atom stereocenters. The third-order valence-electron chi connectivity index (χ3n) is 2.97. The second-order valence-electron chi connectivity index (χ2n) is 4.59. The number of aryl methyl sites for hydroxylation is 2. The van der Waals surface area contributed by atoms with Crippen LogP contribution >= 0.6 is 0 Å². The minimum atomic E-state index is -1.15. The highest BCUT2D eigenvalue weighted by Gasteiger charge is 2.20. The Balaban J connectivity index is 2.53. The average molecular weight is 287 g/mol. The molecule has 0 bridgehead atoms. The van der Waals surface area contributed by atoms with Gasteiger partial charge in [0.15, 0.2) is 0 Å². The van der Waals surface area contributed by atoms with Crippen LogP contribution in [0.4, 0.5) is 5.69 Å². The number of rotatable bonds is 4. The van der Waals surface area contributed by atoms with Crippen LogP contribution < -0.4 is 4.74 Å². The molecule has 108 valence electrons. The lowest BCUT2D eigenvalue weighted by Crippen LogP contribution is -2.02. The highest BCUT2D eigenvalue weighted by atomic mass is 16.6. The maximum Gasteiger partial charge on any atom is 0.339 e. The van der Waals surface area contributed by atoms with Gasteiger partial charge in [-0.1, -0.05) is 23.8 Å². The van der Waals surface area contributed by atoms with Crippen LogP contribution in [0.15, 0.2) is 36.4 Å². The summed E-state index contributed by atoms with van der Waals surface area (Å²) >= 11 is 0. The number of carboxylic acids is 1. The lowest BCUT2D eigenvalue weighted by atomic mass is 10.1. The zero-order chi connectivity index (χ0) is 15.6. The molecule has 0 amide bonds. The average Bonchev–Trinajstić information content (AvgIpc) is 2.42.